The number of ether oxygens (including phenoxy) is 10. The van der Waals surface area contributed by atoms with E-state index in [1.54, 1.807) is 27.9 Å². The van der Waals surface area contributed by atoms with E-state index in [4.69, 9.17) is 47.4 Å². The Balaban J connectivity index is 0.972. The molecule has 10 heterocycles. The number of hydrogen-bond donors (Lipinski definition) is 2. The Hall–Kier alpha value is -1.98. The van der Waals surface area contributed by atoms with Gasteiger partial charge in [0.05, 0.1) is 67.1 Å². The predicted molar refractivity (Wildman–Crippen MR) is 216 cm³/mol. The van der Waals surface area contributed by atoms with Crippen molar-refractivity contribution in [3.8, 4) is 0 Å². The second-order valence-electron chi connectivity index (χ2n) is 20.5. The van der Waals surface area contributed by atoms with E-state index < -0.39 is 53.9 Å². The van der Waals surface area contributed by atoms with E-state index >= 15 is 0 Å². The number of ketones is 1. The molecule has 0 aromatic rings. The molecule has 10 aliphatic rings. The molecule has 0 aromatic carbocycles. The summed E-state index contributed by atoms with van der Waals surface area (Å²) >= 11 is 0. The number of carbonyl (C=O) groups excluding carboxylic acids is 2. The first-order valence-electron chi connectivity index (χ1n) is 22.9. The van der Waals surface area contributed by atoms with Gasteiger partial charge in [-0.25, -0.2) is 4.79 Å². The molecule has 10 aliphatic heterocycles. The van der Waals surface area contributed by atoms with Gasteiger partial charge in [0.25, 0.3) is 0 Å². The highest BCUT2D eigenvalue weighted by atomic mass is 16.8. The number of alkyl carbamates (subject to hydrolysis) is 1. The fourth-order valence-corrected chi connectivity index (χ4v) is 12.1. The quantitative estimate of drug-likeness (QED) is 0.346. The summed E-state index contributed by atoms with van der Waals surface area (Å²) in [6.07, 6.45) is 2.35. The second kappa shape index (κ2) is 16.9. The van der Waals surface area contributed by atoms with E-state index in [9.17, 15) is 14.7 Å². The van der Waals surface area contributed by atoms with E-state index in [1.165, 1.54) is 0 Å². The molecular formula is C46H69NO13. The van der Waals surface area contributed by atoms with Gasteiger partial charge in [-0.05, 0) is 82.8 Å². The summed E-state index contributed by atoms with van der Waals surface area (Å²) in [6, 6.07) is 0. The number of methoxy groups -OCH3 is 1. The molecular weight excluding hydrogens is 774 g/mol. The van der Waals surface area contributed by atoms with Crippen molar-refractivity contribution in [2.45, 2.75) is 221 Å². The van der Waals surface area contributed by atoms with Crippen LogP contribution in [0, 0.1) is 17.8 Å². The van der Waals surface area contributed by atoms with E-state index in [0.717, 1.165) is 49.7 Å². The largest absolute Gasteiger partial charge is 0.444 e. The van der Waals surface area contributed by atoms with Crippen LogP contribution in [0.5, 0.6) is 0 Å². The normalized spacial score (nSPS) is 48.4. The van der Waals surface area contributed by atoms with Crippen molar-refractivity contribution in [2.24, 2.45) is 17.8 Å². The molecule has 14 nitrogen and oxygen atoms in total. The SMILES string of the molecule is C=C1C[C@@H]2CC[C@@]34C[C@H]5O[C@H]6[C@@H](O3)[C@H]3O[C@H](CC[C@@H]3O[C@H]6[C@H]5O4)CC(=O)C(C)[C@H]3[C@H](CC4O[C@@H](CCC1O2)C[C@@H](C)C4=C)OC(C[C@H](O)CNC(=O)OC(C)(C)C)[C@@H]3OC. The average Bonchev–Trinajstić information content (AvgIpc) is 3.87. The summed E-state index contributed by atoms with van der Waals surface area (Å²) in [7, 11) is 1.63. The van der Waals surface area contributed by atoms with Gasteiger partial charge in [0.2, 0.25) is 0 Å². The molecule has 10 fully saturated rings. The van der Waals surface area contributed by atoms with Crippen LogP contribution < -0.4 is 5.32 Å². The van der Waals surface area contributed by atoms with Gasteiger partial charge in [-0.2, -0.15) is 0 Å². The van der Waals surface area contributed by atoms with Crippen LogP contribution in [-0.2, 0) is 52.2 Å². The van der Waals surface area contributed by atoms with Crippen LogP contribution >= 0.6 is 0 Å². The zero-order chi connectivity index (χ0) is 42.2. The van der Waals surface area contributed by atoms with E-state index in [0.29, 0.717) is 25.7 Å². The summed E-state index contributed by atoms with van der Waals surface area (Å²) < 4.78 is 66.0. The van der Waals surface area contributed by atoms with Crippen LogP contribution in [0.2, 0.25) is 0 Å². The first-order chi connectivity index (χ1) is 28.6. The van der Waals surface area contributed by atoms with Gasteiger partial charge in [0.1, 0.15) is 41.9 Å². The Morgan fingerprint density at radius 2 is 1.55 bits per heavy atom. The maximum absolute atomic E-state index is 14.6. The van der Waals surface area contributed by atoms with E-state index in [2.05, 4.69) is 25.4 Å². The molecule has 10 saturated heterocycles. The Labute approximate surface area is 355 Å². The van der Waals surface area contributed by atoms with Gasteiger partial charge < -0.3 is 57.8 Å². The monoisotopic (exact) mass is 843 g/mol. The highest BCUT2D eigenvalue weighted by molar-refractivity contribution is 5.81. The molecule has 2 N–H and O–H groups in total. The number of carbonyl (C=O) groups is 2. The lowest BCUT2D eigenvalue weighted by Crippen LogP contribution is -2.61. The summed E-state index contributed by atoms with van der Waals surface area (Å²) in [5.74, 6) is -1.33. The summed E-state index contributed by atoms with van der Waals surface area (Å²) in [5.41, 5.74) is 1.47. The molecule has 0 radical (unpaired) electrons. The van der Waals surface area contributed by atoms with Crippen molar-refractivity contribution in [1.29, 1.82) is 0 Å². The van der Waals surface area contributed by atoms with Crippen molar-refractivity contribution in [3.63, 3.8) is 0 Å². The number of aliphatic hydroxyl groups excluding tert-OH is 1. The smallest absolute Gasteiger partial charge is 0.407 e. The molecule has 14 heteroatoms. The molecule has 10 rings (SSSR count). The third-order valence-electron chi connectivity index (χ3n) is 15.1. The topological polar surface area (TPSA) is 159 Å². The Kier molecular flexibility index (Phi) is 12.2. The van der Waals surface area contributed by atoms with E-state index in [-0.39, 0.29) is 104 Å². The van der Waals surface area contributed by atoms with Crippen LogP contribution in [0.3, 0.4) is 0 Å². The van der Waals surface area contributed by atoms with Gasteiger partial charge in [-0.3, -0.25) is 4.79 Å². The lowest BCUT2D eigenvalue weighted by Gasteiger charge is -2.47. The molecule has 12 bridgehead atoms. The van der Waals surface area contributed by atoms with Gasteiger partial charge in [0, 0.05) is 57.6 Å². The third-order valence-corrected chi connectivity index (χ3v) is 15.1. The molecule has 1 amide bonds. The van der Waals surface area contributed by atoms with Crippen molar-refractivity contribution < 1.29 is 62.1 Å². The zero-order valence-corrected chi connectivity index (χ0v) is 36.4. The van der Waals surface area contributed by atoms with E-state index in [1.807, 2.05) is 6.92 Å². The maximum Gasteiger partial charge on any atom is 0.407 e. The van der Waals surface area contributed by atoms with Crippen LogP contribution in [0.4, 0.5) is 4.79 Å². The standard InChI is InChI=1S/C46H69NO13/c1-22-15-27-9-11-31-23(2)16-29(52-31)13-14-46-20-36-40(58-46)41-42(57-36)43(59-46)39-32(56-41)12-10-28(54-39)18-30(49)25(4)37-34(19-33(53-27)24(22)3)55-35(38(37)51-8)17-26(48)21-47-44(50)60-45(5,6)7/h22,25-29,31-43,48H,2-3,9-21H2,1,4-8H3,(H,47,50)/t22-,25?,26+,27+,28-,29+,31?,32+,33?,34+,35?,36-,37+,38+,39+,40+,41+,42-,43+,46+/m1/s1. The van der Waals surface area contributed by atoms with Crippen molar-refractivity contribution >= 4 is 11.9 Å². The van der Waals surface area contributed by atoms with Crippen LogP contribution in [-0.4, -0.2) is 140 Å². The van der Waals surface area contributed by atoms with Gasteiger partial charge in [-0.1, -0.05) is 27.0 Å². The summed E-state index contributed by atoms with van der Waals surface area (Å²) in [4.78, 5) is 27.0. The molecule has 0 aliphatic carbocycles. The zero-order valence-electron chi connectivity index (χ0n) is 36.4. The van der Waals surface area contributed by atoms with Crippen LogP contribution in [0.25, 0.3) is 0 Å². The van der Waals surface area contributed by atoms with Crippen molar-refractivity contribution in [3.05, 3.63) is 24.3 Å². The number of hydrogen-bond acceptors (Lipinski definition) is 13. The fourth-order valence-electron chi connectivity index (χ4n) is 12.1. The lowest BCUT2D eigenvalue weighted by atomic mass is 9.76. The average molecular weight is 844 g/mol. The summed E-state index contributed by atoms with van der Waals surface area (Å²) in [5, 5.41) is 13.9. The lowest BCUT2D eigenvalue weighted by molar-refractivity contribution is -0.292. The maximum atomic E-state index is 14.6. The molecule has 60 heavy (non-hydrogen) atoms. The molecule has 20 atom stereocenters. The minimum absolute atomic E-state index is 0.00660. The molecule has 336 valence electrons. The highest BCUT2D eigenvalue weighted by Crippen LogP contribution is 2.54. The Bertz CT molecular complexity index is 1630. The number of aliphatic hydroxyl groups is 1. The summed E-state index contributed by atoms with van der Waals surface area (Å²) in [6.45, 7) is 18.5. The number of fused-ring (bicyclic) bond motifs is 6. The highest BCUT2D eigenvalue weighted by Gasteiger charge is 2.69. The number of amides is 1. The first-order valence-corrected chi connectivity index (χ1v) is 22.9. The molecule has 0 saturated carbocycles. The minimum Gasteiger partial charge on any atom is -0.444 e. The van der Waals surface area contributed by atoms with Crippen molar-refractivity contribution in [2.75, 3.05) is 13.7 Å². The fraction of sp³-hybridized carbons (Fsp3) is 0.870. The van der Waals surface area contributed by atoms with Crippen LogP contribution in [0.1, 0.15) is 112 Å². The van der Waals surface area contributed by atoms with Gasteiger partial charge in [-0.15, -0.1) is 0 Å². The van der Waals surface area contributed by atoms with Crippen molar-refractivity contribution in [1.82, 2.24) is 5.32 Å². The second-order valence-corrected chi connectivity index (χ2v) is 20.5. The van der Waals surface area contributed by atoms with Crippen LogP contribution in [0.15, 0.2) is 24.3 Å². The number of Topliss-reactive ketones (excluding diaryl/α,β-unsaturated/α-hetero) is 1. The Morgan fingerprint density at radius 3 is 2.33 bits per heavy atom. The van der Waals surface area contributed by atoms with Gasteiger partial charge in [0.15, 0.2) is 5.79 Å². The number of nitrogens with one attached hydrogen (secondary N) is 1. The number of rotatable bonds is 5. The molecule has 1 spiro atoms. The minimum atomic E-state index is -0.944. The van der Waals surface area contributed by atoms with Gasteiger partial charge >= 0.3 is 6.09 Å². The molecule has 0 aromatic heterocycles. The molecule has 4 unspecified atom stereocenters. The predicted octanol–water partition coefficient (Wildman–Crippen LogP) is 5.25. The third kappa shape index (κ3) is 8.53. The Morgan fingerprint density at radius 1 is 0.833 bits per heavy atom. The first kappa shape index (κ1) is 43.3.